The molecule has 0 heterocycles. The number of thioether (sulfide) groups is 1. The van der Waals surface area contributed by atoms with E-state index in [1.54, 1.807) is 11.8 Å². The monoisotopic (exact) mass is 490 g/mol. The number of anilines is 1. The van der Waals surface area contributed by atoms with Crippen molar-refractivity contribution in [2.45, 2.75) is 56.4 Å². The van der Waals surface area contributed by atoms with E-state index in [0.717, 1.165) is 16.2 Å². The molecule has 1 atom stereocenters. The normalized spacial score (nSPS) is 12.0. The Morgan fingerprint density at radius 1 is 0.886 bits per heavy atom. The van der Waals surface area contributed by atoms with Crippen LogP contribution < -0.4 is 5.32 Å². The summed E-state index contributed by atoms with van der Waals surface area (Å²) in [4.78, 5) is 29.0. The van der Waals surface area contributed by atoms with E-state index in [1.807, 2.05) is 100 Å². The van der Waals surface area contributed by atoms with Crippen LogP contribution in [0.2, 0.25) is 0 Å². The van der Waals surface area contributed by atoms with E-state index in [4.69, 9.17) is 4.74 Å². The van der Waals surface area contributed by atoms with Crippen molar-refractivity contribution in [3.8, 4) is 0 Å². The van der Waals surface area contributed by atoms with Crippen molar-refractivity contribution in [2.24, 2.45) is 0 Å². The number of hydrogen-bond donors (Lipinski definition) is 1. The zero-order chi connectivity index (χ0) is 25.3. The first-order chi connectivity index (χ1) is 16.7. The van der Waals surface area contributed by atoms with E-state index in [-0.39, 0.29) is 5.91 Å². The molecule has 0 radical (unpaired) electrons. The lowest BCUT2D eigenvalue weighted by Gasteiger charge is -2.32. The van der Waals surface area contributed by atoms with Crippen molar-refractivity contribution in [1.29, 1.82) is 0 Å². The summed E-state index contributed by atoms with van der Waals surface area (Å²) in [6.45, 7) is 7.68. The van der Waals surface area contributed by atoms with Crippen LogP contribution in [-0.4, -0.2) is 35.1 Å². The van der Waals surface area contributed by atoms with Crippen LogP contribution in [0.15, 0.2) is 89.8 Å². The summed E-state index contributed by atoms with van der Waals surface area (Å²) in [6, 6.07) is 27.1. The summed E-state index contributed by atoms with van der Waals surface area (Å²) in [7, 11) is 0. The molecule has 1 unspecified atom stereocenters. The molecule has 0 aromatic heterocycles. The smallest absolute Gasteiger partial charge is 0.410 e. The summed E-state index contributed by atoms with van der Waals surface area (Å²) < 4.78 is 5.59. The third-order valence-corrected chi connectivity index (χ3v) is 6.37. The van der Waals surface area contributed by atoms with Crippen LogP contribution in [0.4, 0.5) is 10.5 Å². The summed E-state index contributed by atoms with van der Waals surface area (Å²) in [5, 5.41) is 3.00. The van der Waals surface area contributed by atoms with Crippen molar-refractivity contribution in [3.05, 3.63) is 96.1 Å². The Labute approximate surface area is 212 Å². The molecule has 3 rings (SSSR count). The molecule has 0 saturated heterocycles. The summed E-state index contributed by atoms with van der Waals surface area (Å²) in [6.07, 6.45) is -0.103. The fourth-order valence-electron chi connectivity index (χ4n) is 3.58. The number of likely N-dealkylation sites (N-methyl/N-ethyl adjacent to an activating group) is 1. The standard InChI is InChI=1S/C29H34N2O3S/c1-5-31(28(33)34-29(2,3)4)26(20-22-12-8-6-9-13-22)27(32)30-24-16-18-25(19-17-24)35-21-23-14-10-7-11-15-23/h6-19,26H,5,20-21H2,1-4H3,(H,30,32). The van der Waals surface area contributed by atoms with E-state index in [2.05, 4.69) is 17.4 Å². The van der Waals surface area contributed by atoms with Gasteiger partial charge in [-0.1, -0.05) is 60.7 Å². The number of hydrogen-bond acceptors (Lipinski definition) is 4. The van der Waals surface area contributed by atoms with Gasteiger partial charge in [0.2, 0.25) is 5.91 Å². The second-order valence-electron chi connectivity index (χ2n) is 9.26. The third kappa shape index (κ3) is 8.48. The minimum atomic E-state index is -0.704. The molecular weight excluding hydrogens is 456 g/mol. The third-order valence-electron chi connectivity index (χ3n) is 5.29. The van der Waals surface area contributed by atoms with E-state index >= 15 is 0 Å². The van der Waals surface area contributed by atoms with Crippen LogP contribution in [-0.2, 0) is 21.7 Å². The van der Waals surface area contributed by atoms with Crippen LogP contribution in [0.5, 0.6) is 0 Å². The molecule has 3 aromatic carbocycles. The van der Waals surface area contributed by atoms with Crippen LogP contribution in [0.1, 0.15) is 38.8 Å². The van der Waals surface area contributed by atoms with Crippen LogP contribution in [0.25, 0.3) is 0 Å². The Bertz CT molecular complexity index is 1080. The van der Waals surface area contributed by atoms with Gasteiger partial charge in [0.25, 0.3) is 0 Å². The lowest BCUT2D eigenvalue weighted by atomic mass is 10.0. The highest BCUT2D eigenvalue weighted by molar-refractivity contribution is 7.98. The van der Waals surface area contributed by atoms with E-state index in [0.29, 0.717) is 18.7 Å². The van der Waals surface area contributed by atoms with Gasteiger partial charge in [-0.3, -0.25) is 9.69 Å². The van der Waals surface area contributed by atoms with Crippen LogP contribution >= 0.6 is 11.8 Å². The Hall–Kier alpha value is -3.25. The second kappa shape index (κ2) is 12.5. The fraction of sp³-hybridized carbons (Fsp3) is 0.310. The zero-order valence-electron chi connectivity index (χ0n) is 20.9. The first-order valence-electron chi connectivity index (χ1n) is 11.9. The first kappa shape index (κ1) is 26.4. The van der Waals surface area contributed by atoms with Gasteiger partial charge in [-0.15, -0.1) is 11.8 Å². The molecule has 0 bridgehead atoms. The number of benzene rings is 3. The fourth-order valence-corrected chi connectivity index (χ4v) is 4.43. The largest absolute Gasteiger partial charge is 0.444 e. The van der Waals surface area contributed by atoms with Gasteiger partial charge < -0.3 is 10.1 Å². The molecule has 0 fully saturated rings. The van der Waals surface area contributed by atoms with Gasteiger partial charge in [-0.25, -0.2) is 4.79 Å². The quantitative estimate of drug-likeness (QED) is 0.336. The van der Waals surface area contributed by atoms with Crippen molar-refractivity contribution in [1.82, 2.24) is 4.90 Å². The molecule has 3 aromatic rings. The molecule has 184 valence electrons. The van der Waals surface area contributed by atoms with E-state index in [1.165, 1.54) is 10.5 Å². The van der Waals surface area contributed by atoms with Crippen molar-refractivity contribution >= 4 is 29.4 Å². The van der Waals surface area contributed by atoms with Gasteiger partial charge in [0.15, 0.2) is 0 Å². The Morgan fingerprint density at radius 2 is 1.46 bits per heavy atom. The lowest BCUT2D eigenvalue weighted by molar-refractivity contribution is -0.121. The van der Waals surface area contributed by atoms with Crippen LogP contribution in [0.3, 0.4) is 0 Å². The number of rotatable bonds is 9. The minimum absolute atomic E-state index is 0.244. The average molecular weight is 491 g/mol. The van der Waals surface area contributed by atoms with Crippen molar-refractivity contribution < 1.29 is 14.3 Å². The molecule has 2 amide bonds. The Balaban J connectivity index is 1.72. The summed E-state index contributed by atoms with van der Waals surface area (Å²) >= 11 is 1.74. The number of carbonyl (C=O) groups is 2. The highest BCUT2D eigenvalue weighted by Gasteiger charge is 2.32. The molecule has 0 saturated carbocycles. The molecule has 1 N–H and O–H groups in total. The number of carbonyl (C=O) groups excluding carboxylic acids is 2. The molecule has 0 aliphatic carbocycles. The number of nitrogens with one attached hydrogen (secondary N) is 1. The average Bonchev–Trinajstić information content (AvgIpc) is 2.83. The molecular formula is C29H34N2O3S. The van der Waals surface area contributed by atoms with E-state index < -0.39 is 17.7 Å². The van der Waals surface area contributed by atoms with Gasteiger partial charge in [-0.2, -0.15) is 0 Å². The Kier molecular flexibility index (Phi) is 9.38. The van der Waals surface area contributed by atoms with Crippen LogP contribution in [0, 0.1) is 0 Å². The summed E-state index contributed by atoms with van der Waals surface area (Å²) in [5.74, 6) is 0.638. The van der Waals surface area contributed by atoms with E-state index in [9.17, 15) is 9.59 Å². The molecule has 0 aliphatic heterocycles. The lowest BCUT2D eigenvalue weighted by Crippen LogP contribution is -2.50. The first-order valence-corrected chi connectivity index (χ1v) is 12.8. The second-order valence-corrected chi connectivity index (χ2v) is 10.3. The topological polar surface area (TPSA) is 58.6 Å². The van der Waals surface area contributed by atoms with Crippen molar-refractivity contribution in [3.63, 3.8) is 0 Å². The highest BCUT2D eigenvalue weighted by atomic mass is 32.2. The molecule has 6 heteroatoms. The molecule has 0 aliphatic rings. The molecule has 0 spiro atoms. The zero-order valence-corrected chi connectivity index (χ0v) is 21.7. The molecule has 35 heavy (non-hydrogen) atoms. The van der Waals surface area contributed by atoms with Gasteiger partial charge in [-0.05, 0) is 63.1 Å². The summed E-state index contributed by atoms with van der Waals surface area (Å²) in [5.41, 5.74) is 2.28. The predicted octanol–water partition coefficient (Wildman–Crippen LogP) is 6.79. The van der Waals surface area contributed by atoms with Gasteiger partial charge in [0.05, 0.1) is 0 Å². The van der Waals surface area contributed by atoms with Gasteiger partial charge in [0.1, 0.15) is 11.6 Å². The van der Waals surface area contributed by atoms with Crippen molar-refractivity contribution in [2.75, 3.05) is 11.9 Å². The SMILES string of the molecule is CCN(C(=O)OC(C)(C)C)C(Cc1ccccc1)C(=O)Nc1ccc(SCc2ccccc2)cc1. The maximum Gasteiger partial charge on any atom is 0.410 e. The maximum atomic E-state index is 13.4. The Morgan fingerprint density at radius 3 is 2.00 bits per heavy atom. The highest BCUT2D eigenvalue weighted by Crippen LogP contribution is 2.25. The number of amides is 2. The predicted molar refractivity (Wildman–Crippen MR) is 144 cm³/mol. The maximum absolute atomic E-state index is 13.4. The minimum Gasteiger partial charge on any atom is -0.444 e. The van der Waals surface area contributed by atoms with Gasteiger partial charge >= 0.3 is 6.09 Å². The number of ether oxygens (including phenoxy) is 1. The number of nitrogens with zero attached hydrogens (tertiary/aromatic N) is 1. The molecule has 5 nitrogen and oxygen atoms in total. The van der Waals surface area contributed by atoms with Gasteiger partial charge in [0, 0.05) is 29.3 Å².